The van der Waals surface area contributed by atoms with Gasteiger partial charge in [-0.1, -0.05) is 140 Å². The van der Waals surface area contributed by atoms with Gasteiger partial charge in [-0.3, -0.25) is 0 Å². The highest BCUT2D eigenvalue weighted by Crippen LogP contribution is 2.64. The maximum atomic E-state index is 2.75. The lowest BCUT2D eigenvalue weighted by molar-refractivity contribution is 0.753. The molecule has 0 atom stereocenters. The van der Waals surface area contributed by atoms with Gasteiger partial charge in [-0.25, -0.2) is 0 Å². The van der Waals surface area contributed by atoms with Crippen molar-refractivity contribution in [2.45, 2.75) is 25.4 Å². The average molecular weight is 653 g/mol. The third kappa shape index (κ3) is 2.90. The summed E-state index contributed by atoms with van der Waals surface area (Å²) in [4.78, 5) is 5.39. The van der Waals surface area contributed by atoms with Crippen molar-refractivity contribution in [3.05, 3.63) is 173 Å². The van der Waals surface area contributed by atoms with Gasteiger partial charge in [-0.05, 0) is 90.9 Å². The Kier molecular flexibility index (Phi) is 4.88. The predicted molar refractivity (Wildman–Crippen MR) is 213 cm³/mol. The quantitative estimate of drug-likeness (QED) is 0.152. The summed E-state index contributed by atoms with van der Waals surface area (Å²) < 4.78 is 0. The minimum absolute atomic E-state index is 0.0425. The summed E-state index contributed by atoms with van der Waals surface area (Å²) in [5.41, 5.74) is 21.3. The van der Waals surface area contributed by atoms with E-state index in [4.69, 9.17) is 0 Å². The highest BCUT2D eigenvalue weighted by Gasteiger charge is 2.56. The molecular weight excluding hydrogens is 619 g/mol. The third-order valence-electron chi connectivity index (χ3n) is 12.6. The van der Waals surface area contributed by atoms with E-state index in [2.05, 4.69) is 175 Å². The fourth-order valence-corrected chi connectivity index (χ4v) is 13.8. The molecule has 7 aromatic rings. The molecule has 0 N–H and O–H groups in total. The summed E-state index contributed by atoms with van der Waals surface area (Å²) in [6.07, 6.45) is 0. The van der Waals surface area contributed by atoms with Crippen LogP contribution >= 0.6 is 0 Å². The van der Waals surface area contributed by atoms with Crippen LogP contribution < -0.4 is 31.0 Å². The van der Waals surface area contributed by atoms with E-state index in [1.807, 2.05) is 0 Å². The van der Waals surface area contributed by atoms with E-state index in [9.17, 15) is 0 Å². The summed E-state index contributed by atoms with van der Waals surface area (Å²) in [5, 5.41) is 3.06. The summed E-state index contributed by atoms with van der Waals surface area (Å²) in [5.74, 6) is 0. The van der Waals surface area contributed by atoms with Gasteiger partial charge in [-0.15, -0.1) is 0 Å². The van der Waals surface area contributed by atoms with Crippen molar-refractivity contribution in [2.75, 3.05) is 9.71 Å². The van der Waals surface area contributed by atoms with E-state index in [0.29, 0.717) is 0 Å². The van der Waals surface area contributed by atoms with Gasteiger partial charge in [-0.2, -0.15) is 0 Å². The maximum Gasteiger partial charge on any atom is 0.333 e. The van der Waals surface area contributed by atoms with Crippen LogP contribution in [-0.2, 0) is 5.41 Å². The molecule has 12 rings (SSSR count). The second-order valence-electron chi connectivity index (χ2n) is 15.3. The molecule has 4 aliphatic heterocycles. The first-order valence-electron chi connectivity index (χ1n) is 17.9. The lowest BCUT2D eigenvalue weighted by Crippen LogP contribution is -2.69. The van der Waals surface area contributed by atoms with Crippen LogP contribution in [0.3, 0.4) is 0 Å². The van der Waals surface area contributed by atoms with Gasteiger partial charge in [0.15, 0.2) is 0 Å². The molecule has 2 nitrogen and oxygen atoms in total. The van der Waals surface area contributed by atoms with Crippen molar-refractivity contribution >= 4 is 64.7 Å². The van der Waals surface area contributed by atoms with Gasteiger partial charge in [0.2, 0.25) is 0 Å². The van der Waals surface area contributed by atoms with Gasteiger partial charge in [0.25, 0.3) is 0 Å². The molecule has 50 heavy (non-hydrogen) atoms. The number of para-hydroxylation sites is 4. The first-order chi connectivity index (χ1) is 24.5. The van der Waals surface area contributed by atoms with Gasteiger partial charge < -0.3 is 9.71 Å². The second-order valence-corrected chi connectivity index (χ2v) is 19.6. The number of hydrogen-bond acceptors (Lipinski definition) is 2. The number of benzene rings is 7. The standard InChI is InChI=1S/C46H33BN2Si/c1-28-26-32-31-16-12-25-42-44(31)49(39-23-10-11-24-41(39)50(42,2)3)47-37-21-13-20-36-45(37)48(40(27-28)43(32)47)38-22-9-8-19-35(38)46(36)33-17-6-4-14-29(33)30-15-5-7-18-34(30)46/h4-27H,1-3H3. The number of rotatable bonds is 0. The van der Waals surface area contributed by atoms with Crippen LogP contribution in [0.15, 0.2) is 146 Å². The van der Waals surface area contributed by atoms with Crippen LogP contribution in [0, 0.1) is 6.92 Å². The highest BCUT2D eigenvalue weighted by molar-refractivity contribution is 7.05. The monoisotopic (exact) mass is 652 g/mol. The van der Waals surface area contributed by atoms with Crippen molar-refractivity contribution in [1.29, 1.82) is 0 Å². The Bertz CT molecular complexity index is 2650. The molecule has 0 saturated heterocycles. The third-order valence-corrected chi connectivity index (χ3v) is 16.2. The van der Waals surface area contributed by atoms with Crippen LogP contribution in [0.25, 0.3) is 22.3 Å². The van der Waals surface area contributed by atoms with Crippen LogP contribution in [-0.4, -0.2) is 14.9 Å². The molecule has 1 aliphatic carbocycles. The maximum absolute atomic E-state index is 2.75. The highest BCUT2D eigenvalue weighted by atomic mass is 28.3. The van der Waals surface area contributed by atoms with Crippen molar-refractivity contribution in [3.8, 4) is 22.3 Å². The Labute approximate surface area is 294 Å². The number of aryl methyl sites for hydroxylation is 1. The number of nitrogens with zero attached hydrogens (tertiary/aromatic N) is 2. The van der Waals surface area contributed by atoms with E-state index in [1.54, 1.807) is 0 Å². The fraction of sp³-hybridized carbons (Fsp3) is 0.0870. The van der Waals surface area contributed by atoms with Gasteiger partial charge >= 0.3 is 6.85 Å². The van der Waals surface area contributed by atoms with E-state index >= 15 is 0 Å². The average Bonchev–Trinajstić information content (AvgIpc) is 3.44. The Morgan fingerprint density at radius 1 is 0.500 bits per heavy atom. The normalized spacial score (nSPS) is 16.5. The molecule has 4 heterocycles. The Morgan fingerprint density at radius 3 is 1.88 bits per heavy atom. The fourth-order valence-electron chi connectivity index (χ4n) is 10.8. The smallest absolute Gasteiger partial charge is 0.333 e. The largest absolute Gasteiger partial charge is 0.377 e. The van der Waals surface area contributed by atoms with Crippen molar-refractivity contribution in [2.24, 2.45) is 0 Å². The molecule has 5 aliphatic rings. The van der Waals surface area contributed by atoms with E-state index in [-0.39, 0.29) is 6.85 Å². The minimum Gasteiger partial charge on any atom is -0.377 e. The van der Waals surface area contributed by atoms with Crippen LogP contribution in [0.4, 0.5) is 28.4 Å². The number of fused-ring (bicyclic) bond motifs is 15. The predicted octanol–water partition coefficient (Wildman–Crippen LogP) is 8.52. The summed E-state index contributed by atoms with van der Waals surface area (Å²) in [7, 11) is -1.98. The van der Waals surface area contributed by atoms with Crippen molar-refractivity contribution in [3.63, 3.8) is 0 Å². The Morgan fingerprint density at radius 2 is 1.10 bits per heavy atom. The van der Waals surface area contributed by atoms with Gasteiger partial charge in [0.1, 0.15) is 8.07 Å². The van der Waals surface area contributed by atoms with Crippen molar-refractivity contribution in [1.82, 2.24) is 0 Å². The van der Waals surface area contributed by atoms with Gasteiger partial charge in [0, 0.05) is 28.3 Å². The first-order valence-corrected chi connectivity index (χ1v) is 20.9. The SMILES string of the molecule is Cc1cc2c3c(c1)N1c4ccccc4C4(c5ccccc5-c5ccccc54)c4cccc(c41)B3N1c3ccccc3[Si](C)(C)c3cccc-2c31. The molecule has 4 heteroatoms. The minimum atomic E-state index is -1.98. The van der Waals surface area contributed by atoms with Crippen molar-refractivity contribution < 1.29 is 0 Å². The van der Waals surface area contributed by atoms with E-state index in [1.165, 1.54) is 99.8 Å². The number of anilines is 5. The van der Waals surface area contributed by atoms with Crippen LogP contribution in [0.2, 0.25) is 13.1 Å². The molecular formula is C46H33BN2Si. The van der Waals surface area contributed by atoms with Crippen LogP contribution in [0.1, 0.15) is 27.8 Å². The zero-order valence-corrected chi connectivity index (χ0v) is 29.3. The summed E-state index contributed by atoms with van der Waals surface area (Å²) in [6.45, 7) is 7.40. The Balaban J connectivity index is 1.27. The topological polar surface area (TPSA) is 6.48 Å². The first kappa shape index (κ1) is 27.3. The summed E-state index contributed by atoms with van der Waals surface area (Å²) in [6, 6.07) is 56.1. The molecule has 0 unspecified atom stereocenters. The van der Waals surface area contributed by atoms with Crippen LogP contribution in [0.5, 0.6) is 0 Å². The molecule has 0 saturated carbocycles. The molecule has 0 fully saturated rings. The molecule has 7 aromatic carbocycles. The molecule has 234 valence electrons. The lowest BCUT2D eigenvalue weighted by Gasteiger charge is -2.53. The molecule has 0 bridgehead atoms. The molecule has 0 radical (unpaired) electrons. The zero-order chi connectivity index (χ0) is 33.1. The van der Waals surface area contributed by atoms with E-state index < -0.39 is 13.5 Å². The molecule has 1 spiro atoms. The zero-order valence-electron chi connectivity index (χ0n) is 28.3. The molecule has 0 amide bonds. The van der Waals surface area contributed by atoms with Gasteiger partial charge in [0.05, 0.1) is 11.1 Å². The second kappa shape index (κ2) is 8.95. The lowest BCUT2D eigenvalue weighted by atomic mass is 9.42. The summed E-state index contributed by atoms with van der Waals surface area (Å²) >= 11 is 0. The number of hydrogen-bond donors (Lipinski definition) is 0. The van der Waals surface area contributed by atoms with E-state index in [0.717, 1.165) is 0 Å². The Hall–Kier alpha value is -5.58. The molecule has 0 aromatic heterocycles.